The van der Waals surface area contributed by atoms with Crippen molar-refractivity contribution >= 4 is 29.9 Å². The standard InChI is InChI=1S/C19H27FN4O.HI/c1-4-17-15(18(5-2)25-24-17)13-23-19(21-6-3)22-12-11-14-9-7-8-10-16(14)20;/h7-10H,4-6,11-13H2,1-3H3,(H2,21,22,23);1H. The minimum absolute atomic E-state index is 0. The molecule has 144 valence electrons. The predicted molar refractivity (Wildman–Crippen MR) is 114 cm³/mol. The number of benzene rings is 1. The molecule has 1 aromatic carbocycles. The molecule has 0 radical (unpaired) electrons. The summed E-state index contributed by atoms with van der Waals surface area (Å²) in [5.74, 6) is 1.43. The lowest BCUT2D eigenvalue weighted by Crippen LogP contribution is -2.38. The maximum absolute atomic E-state index is 13.7. The van der Waals surface area contributed by atoms with Crippen molar-refractivity contribution in [2.45, 2.75) is 46.6 Å². The van der Waals surface area contributed by atoms with Crippen LogP contribution in [0.3, 0.4) is 0 Å². The summed E-state index contributed by atoms with van der Waals surface area (Å²) in [6.45, 7) is 8.01. The molecule has 26 heavy (non-hydrogen) atoms. The normalized spacial score (nSPS) is 11.2. The first-order chi connectivity index (χ1) is 12.2. The van der Waals surface area contributed by atoms with Crippen LogP contribution in [-0.4, -0.2) is 24.2 Å². The molecule has 0 saturated heterocycles. The number of hydrogen-bond acceptors (Lipinski definition) is 3. The molecule has 2 rings (SSSR count). The van der Waals surface area contributed by atoms with Crippen LogP contribution in [-0.2, 0) is 25.8 Å². The highest BCUT2D eigenvalue weighted by atomic mass is 127. The van der Waals surface area contributed by atoms with E-state index in [9.17, 15) is 4.39 Å². The molecule has 5 nitrogen and oxygen atoms in total. The summed E-state index contributed by atoms with van der Waals surface area (Å²) in [7, 11) is 0. The average Bonchev–Trinajstić information content (AvgIpc) is 3.03. The Morgan fingerprint density at radius 1 is 1.15 bits per heavy atom. The lowest BCUT2D eigenvalue weighted by Gasteiger charge is -2.11. The second kappa shape index (κ2) is 11.9. The zero-order valence-corrected chi connectivity index (χ0v) is 18.0. The van der Waals surface area contributed by atoms with Gasteiger partial charge in [-0.3, -0.25) is 0 Å². The monoisotopic (exact) mass is 474 g/mol. The SMILES string of the molecule is CCNC(=NCc1c(CC)noc1CC)NCCc1ccccc1F.I. The van der Waals surface area contributed by atoms with E-state index in [1.807, 2.05) is 19.9 Å². The van der Waals surface area contributed by atoms with Gasteiger partial charge < -0.3 is 15.2 Å². The molecule has 2 aromatic rings. The number of hydrogen-bond donors (Lipinski definition) is 2. The fraction of sp³-hybridized carbons (Fsp3) is 0.474. The fourth-order valence-electron chi connectivity index (χ4n) is 2.63. The quantitative estimate of drug-likeness (QED) is 0.347. The number of halogens is 2. The van der Waals surface area contributed by atoms with Crippen LogP contribution in [0.1, 0.15) is 43.4 Å². The molecule has 0 fully saturated rings. The molecule has 0 spiro atoms. The van der Waals surface area contributed by atoms with Gasteiger partial charge in [-0.25, -0.2) is 9.38 Å². The van der Waals surface area contributed by atoms with Crippen LogP contribution in [0.2, 0.25) is 0 Å². The second-order valence-corrected chi connectivity index (χ2v) is 5.70. The van der Waals surface area contributed by atoms with Gasteiger partial charge in [0, 0.05) is 25.1 Å². The van der Waals surface area contributed by atoms with Crippen molar-refractivity contribution in [2.24, 2.45) is 4.99 Å². The van der Waals surface area contributed by atoms with E-state index in [-0.39, 0.29) is 29.8 Å². The first kappa shape index (κ1) is 22.4. The summed E-state index contributed by atoms with van der Waals surface area (Å²) in [5, 5.41) is 10.6. The first-order valence-electron chi connectivity index (χ1n) is 8.91. The van der Waals surface area contributed by atoms with E-state index in [0.29, 0.717) is 31.0 Å². The fourth-order valence-corrected chi connectivity index (χ4v) is 2.63. The van der Waals surface area contributed by atoms with Crippen molar-refractivity contribution in [2.75, 3.05) is 13.1 Å². The van der Waals surface area contributed by atoms with Crippen LogP contribution in [0.25, 0.3) is 0 Å². The summed E-state index contributed by atoms with van der Waals surface area (Å²) in [5.41, 5.74) is 2.73. The van der Waals surface area contributed by atoms with E-state index in [1.54, 1.807) is 12.1 Å². The molecule has 0 aliphatic rings. The number of guanidine groups is 1. The highest BCUT2D eigenvalue weighted by Crippen LogP contribution is 2.16. The zero-order chi connectivity index (χ0) is 18.1. The molecular formula is C19H28FIN4O. The van der Waals surface area contributed by atoms with Crippen molar-refractivity contribution in [3.63, 3.8) is 0 Å². The molecule has 0 atom stereocenters. The van der Waals surface area contributed by atoms with Gasteiger partial charge in [0.2, 0.25) is 0 Å². The van der Waals surface area contributed by atoms with Crippen LogP contribution < -0.4 is 10.6 Å². The molecule has 2 N–H and O–H groups in total. The third kappa shape index (κ3) is 6.26. The van der Waals surface area contributed by atoms with Crippen molar-refractivity contribution in [1.29, 1.82) is 0 Å². The number of aromatic nitrogens is 1. The first-order valence-corrected chi connectivity index (χ1v) is 8.91. The van der Waals surface area contributed by atoms with Crippen LogP contribution in [0.15, 0.2) is 33.8 Å². The van der Waals surface area contributed by atoms with Gasteiger partial charge in [-0.2, -0.15) is 0 Å². The summed E-state index contributed by atoms with van der Waals surface area (Å²) >= 11 is 0. The highest BCUT2D eigenvalue weighted by molar-refractivity contribution is 14.0. The summed E-state index contributed by atoms with van der Waals surface area (Å²) < 4.78 is 19.1. The topological polar surface area (TPSA) is 62.5 Å². The van der Waals surface area contributed by atoms with Gasteiger partial charge in [-0.1, -0.05) is 37.2 Å². The van der Waals surface area contributed by atoms with Crippen LogP contribution >= 0.6 is 24.0 Å². The molecule has 1 aromatic heterocycles. The minimum Gasteiger partial charge on any atom is -0.361 e. The van der Waals surface area contributed by atoms with Crippen molar-refractivity contribution in [3.8, 4) is 0 Å². The van der Waals surface area contributed by atoms with Crippen LogP contribution in [0.4, 0.5) is 4.39 Å². The lowest BCUT2D eigenvalue weighted by atomic mass is 10.1. The second-order valence-electron chi connectivity index (χ2n) is 5.70. The molecule has 7 heteroatoms. The number of nitrogens with one attached hydrogen (secondary N) is 2. The van der Waals surface area contributed by atoms with Gasteiger partial charge >= 0.3 is 0 Å². The third-order valence-corrected chi connectivity index (χ3v) is 3.99. The maximum atomic E-state index is 13.7. The molecule has 0 amide bonds. The summed E-state index contributed by atoms with van der Waals surface area (Å²) in [4.78, 5) is 4.63. The van der Waals surface area contributed by atoms with E-state index < -0.39 is 0 Å². The number of aliphatic imine (C=N–C) groups is 1. The van der Waals surface area contributed by atoms with Crippen LogP contribution in [0, 0.1) is 5.82 Å². The van der Waals surface area contributed by atoms with Crippen molar-refractivity contribution < 1.29 is 8.91 Å². The van der Waals surface area contributed by atoms with Crippen molar-refractivity contribution in [3.05, 3.63) is 52.7 Å². The minimum atomic E-state index is -0.170. The van der Waals surface area contributed by atoms with E-state index in [4.69, 9.17) is 4.52 Å². The molecule has 1 heterocycles. The number of aryl methyl sites for hydroxylation is 2. The largest absolute Gasteiger partial charge is 0.361 e. The van der Waals surface area contributed by atoms with E-state index in [0.717, 1.165) is 36.4 Å². The molecule has 0 aliphatic carbocycles. The summed E-state index contributed by atoms with van der Waals surface area (Å²) in [6, 6.07) is 6.84. The Morgan fingerprint density at radius 3 is 2.58 bits per heavy atom. The Morgan fingerprint density at radius 2 is 1.92 bits per heavy atom. The van der Waals surface area contributed by atoms with Crippen LogP contribution in [0.5, 0.6) is 0 Å². The Labute approximate surface area is 171 Å². The smallest absolute Gasteiger partial charge is 0.191 e. The maximum Gasteiger partial charge on any atom is 0.191 e. The van der Waals surface area contributed by atoms with Gasteiger partial charge in [0.15, 0.2) is 5.96 Å². The number of rotatable bonds is 8. The van der Waals surface area contributed by atoms with E-state index >= 15 is 0 Å². The van der Waals surface area contributed by atoms with E-state index in [1.165, 1.54) is 6.07 Å². The van der Waals surface area contributed by atoms with Gasteiger partial charge in [-0.05, 0) is 31.4 Å². The Hall–Kier alpha value is -1.64. The predicted octanol–water partition coefficient (Wildman–Crippen LogP) is 3.85. The highest BCUT2D eigenvalue weighted by Gasteiger charge is 2.13. The Balaban J connectivity index is 0.00000338. The van der Waals surface area contributed by atoms with E-state index in [2.05, 4.69) is 27.7 Å². The number of nitrogens with zero attached hydrogens (tertiary/aromatic N) is 2. The lowest BCUT2D eigenvalue weighted by molar-refractivity contribution is 0.380. The Bertz CT molecular complexity index is 681. The molecular weight excluding hydrogens is 446 g/mol. The van der Waals surface area contributed by atoms with Gasteiger partial charge in [0.25, 0.3) is 0 Å². The summed E-state index contributed by atoms with van der Waals surface area (Å²) in [6.07, 6.45) is 2.23. The zero-order valence-electron chi connectivity index (χ0n) is 15.6. The molecule has 0 unspecified atom stereocenters. The molecule has 0 bridgehead atoms. The third-order valence-electron chi connectivity index (χ3n) is 3.99. The Kier molecular flexibility index (Phi) is 10.2. The van der Waals surface area contributed by atoms with Gasteiger partial charge in [-0.15, -0.1) is 24.0 Å². The van der Waals surface area contributed by atoms with Gasteiger partial charge in [0.05, 0.1) is 12.2 Å². The average molecular weight is 474 g/mol. The van der Waals surface area contributed by atoms with Gasteiger partial charge in [0.1, 0.15) is 11.6 Å². The van der Waals surface area contributed by atoms with Crippen molar-refractivity contribution in [1.82, 2.24) is 15.8 Å². The molecule has 0 saturated carbocycles. The molecule has 0 aliphatic heterocycles.